The van der Waals surface area contributed by atoms with Crippen LogP contribution in [0, 0.1) is 0 Å². The van der Waals surface area contributed by atoms with Gasteiger partial charge in [0.05, 0.1) is 0 Å². The van der Waals surface area contributed by atoms with Crippen molar-refractivity contribution in [3.63, 3.8) is 0 Å². The average Bonchev–Trinajstić information content (AvgIpc) is 2.88. The molecule has 0 bridgehead atoms. The van der Waals surface area contributed by atoms with Crippen LogP contribution in [0.5, 0.6) is 0 Å². The molecule has 0 radical (unpaired) electrons. The molecule has 0 saturated heterocycles. The van der Waals surface area contributed by atoms with Crippen LogP contribution in [0.2, 0.25) is 5.02 Å². The zero-order chi connectivity index (χ0) is 13.7. The summed E-state index contributed by atoms with van der Waals surface area (Å²) in [6, 6.07) is 13.0. The number of rotatable bonds is 6. The van der Waals surface area contributed by atoms with Crippen molar-refractivity contribution < 1.29 is 0 Å². The minimum atomic E-state index is 0.426. The lowest BCUT2D eigenvalue weighted by atomic mass is 9.94. The third-order valence-corrected chi connectivity index (χ3v) is 4.39. The molecule has 2 aromatic rings. The van der Waals surface area contributed by atoms with Crippen LogP contribution in [0.1, 0.15) is 30.2 Å². The second-order valence-corrected chi connectivity index (χ2v) is 6.50. The van der Waals surface area contributed by atoms with E-state index in [9.17, 15) is 0 Å². The molecule has 0 fully saturated rings. The van der Waals surface area contributed by atoms with Crippen molar-refractivity contribution in [1.29, 1.82) is 0 Å². The molecule has 19 heavy (non-hydrogen) atoms. The molecule has 2 rings (SSSR count). The van der Waals surface area contributed by atoms with Gasteiger partial charge in [0.2, 0.25) is 0 Å². The van der Waals surface area contributed by atoms with Gasteiger partial charge in [-0.15, -0.1) is 11.3 Å². The Morgan fingerprint density at radius 2 is 1.95 bits per heavy atom. The van der Waals surface area contributed by atoms with Gasteiger partial charge in [-0.2, -0.15) is 0 Å². The van der Waals surface area contributed by atoms with Crippen LogP contribution in [0.3, 0.4) is 0 Å². The van der Waals surface area contributed by atoms with E-state index in [0.29, 0.717) is 12.0 Å². The highest BCUT2D eigenvalue weighted by molar-refractivity contribution is 7.09. The Kier molecular flexibility index (Phi) is 5.44. The molecule has 1 atom stereocenters. The van der Waals surface area contributed by atoms with Crippen LogP contribution in [-0.2, 0) is 6.42 Å². The monoisotopic (exact) mass is 293 g/mol. The highest BCUT2D eigenvalue weighted by atomic mass is 35.5. The second kappa shape index (κ2) is 7.09. The summed E-state index contributed by atoms with van der Waals surface area (Å²) < 4.78 is 0. The maximum atomic E-state index is 6.35. The third-order valence-electron chi connectivity index (χ3n) is 3.15. The topological polar surface area (TPSA) is 12.0 Å². The minimum Gasteiger partial charge on any atom is -0.314 e. The molecule has 0 aliphatic carbocycles. The van der Waals surface area contributed by atoms with E-state index in [4.69, 9.17) is 11.6 Å². The van der Waals surface area contributed by atoms with Crippen molar-refractivity contribution >= 4 is 22.9 Å². The van der Waals surface area contributed by atoms with E-state index in [0.717, 1.165) is 18.0 Å². The molecule has 0 aliphatic heterocycles. The van der Waals surface area contributed by atoms with Crippen LogP contribution >= 0.6 is 22.9 Å². The Balaban J connectivity index is 2.16. The summed E-state index contributed by atoms with van der Waals surface area (Å²) in [5.74, 6) is 0.426. The largest absolute Gasteiger partial charge is 0.314 e. The molecular weight excluding hydrogens is 274 g/mol. The molecule has 1 aromatic heterocycles. The van der Waals surface area contributed by atoms with E-state index < -0.39 is 0 Å². The zero-order valence-electron chi connectivity index (χ0n) is 11.4. The number of nitrogens with one attached hydrogen (secondary N) is 1. The molecule has 0 amide bonds. The van der Waals surface area contributed by atoms with Crippen LogP contribution < -0.4 is 5.32 Å². The maximum absolute atomic E-state index is 6.35. The average molecular weight is 294 g/mol. The standard InChI is InChI=1S/C16H20ClNS/c1-12(2)18-11-13(10-14-6-5-9-19-14)15-7-3-4-8-16(15)17/h3-9,12-13,18H,10-11H2,1-2H3. The molecule has 1 unspecified atom stereocenters. The first-order chi connectivity index (χ1) is 9.16. The number of benzene rings is 1. The Bertz CT molecular complexity index is 493. The molecule has 0 spiro atoms. The summed E-state index contributed by atoms with van der Waals surface area (Å²) in [7, 11) is 0. The normalized spacial score (nSPS) is 12.8. The lowest BCUT2D eigenvalue weighted by Gasteiger charge is -2.20. The van der Waals surface area contributed by atoms with E-state index >= 15 is 0 Å². The summed E-state index contributed by atoms with van der Waals surface area (Å²) in [6.07, 6.45) is 1.04. The Morgan fingerprint density at radius 1 is 1.16 bits per heavy atom. The van der Waals surface area contributed by atoms with Crippen LogP contribution in [0.25, 0.3) is 0 Å². The van der Waals surface area contributed by atoms with E-state index in [2.05, 4.69) is 48.8 Å². The van der Waals surface area contributed by atoms with Crippen molar-refractivity contribution in [2.75, 3.05) is 6.54 Å². The molecule has 0 saturated carbocycles. The SMILES string of the molecule is CC(C)NCC(Cc1cccs1)c1ccccc1Cl. The van der Waals surface area contributed by atoms with Crippen molar-refractivity contribution in [2.45, 2.75) is 32.2 Å². The van der Waals surface area contributed by atoms with E-state index in [-0.39, 0.29) is 0 Å². The highest BCUT2D eigenvalue weighted by Crippen LogP contribution is 2.28. The summed E-state index contributed by atoms with van der Waals surface area (Å²) in [5.41, 5.74) is 1.24. The Hall–Kier alpha value is -0.830. The number of halogens is 1. The smallest absolute Gasteiger partial charge is 0.0441 e. The minimum absolute atomic E-state index is 0.426. The van der Waals surface area contributed by atoms with Gasteiger partial charge in [-0.05, 0) is 29.5 Å². The van der Waals surface area contributed by atoms with E-state index in [1.54, 1.807) is 0 Å². The van der Waals surface area contributed by atoms with Crippen LogP contribution in [-0.4, -0.2) is 12.6 Å². The van der Waals surface area contributed by atoms with Gasteiger partial charge in [0, 0.05) is 28.4 Å². The van der Waals surface area contributed by atoms with Crippen molar-refractivity contribution in [3.8, 4) is 0 Å². The van der Waals surface area contributed by atoms with Gasteiger partial charge >= 0.3 is 0 Å². The Labute approximate surface area is 124 Å². The molecule has 1 aromatic carbocycles. The second-order valence-electron chi connectivity index (χ2n) is 5.06. The summed E-state index contributed by atoms with van der Waals surface area (Å²) in [5, 5.41) is 6.53. The highest BCUT2D eigenvalue weighted by Gasteiger charge is 2.16. The van der Waals surface area contributed by atoms with Gasteiger partial charge in [-0.3, -0.25) is 0 Å². The first-order valence-electron chi connectivity index (χ1n) is 6.67. The number of thiophene rings is 1. The first-order valence-corrected chi connectivity index (χ1v) is 7.92. The molecule has 1 nitrogen and oxygen atoms in total. The van der Waals surface area contributed by atoms with Crippen molar-refractivity contribution in [1.82, 2.24) is 5.32 Å². The van der Waals surface area contributed by atoms with Gasteiger partial charge < -0.3 is 5.32 Å². The lowest BCUT2D eigenvalue weighted by molar-refractivity contribution is 0.528. The van der Waals surface area contributed by atoms with Crippen molar-refractivity contribution in [3.05, 3.63) is 57.2 Å². The van der Waals surface area contributed by atoms with Gasteiger partial charge in [-0.25, -0.2) is 0 Å². The fourth-order valence-corrected chi connectivity index (χ4v) is 3.22. The fraction of sp³-hybridized carbons (Fsp3) is 0.375. The number of hydrogen-bond donors (Lipinski definition) is 1. The predicted octanol–water partition coefficient (Wildman–Crippen LogP) is 4.73. The molecule has 0 aliphatic rings. The van der Waals surface area contributed by atoms with Gasteiger partial charge in [0.25, 0.3) is 0 Å². The zero-order valence-corrected chi connectivity index (χ0v) is 13.0. The quantitative estimate of drug-likeness (QED) is 0.812. The first kappa shape index (κ1) is 14.6. The third kappa shape index (κ3) is 4.34. The lowest BCUT2D eigenvalue weighted by Crippen LogP contribution is -2.29. The maximum Gasteiger partial charge on any atom is 0.0441 e. The van der Waals surface area contributed by atoms with Crippen molar-refractivity contribution in [2.24, 2.45) is 0 Å². The van der Waals surface area contributed by atoms with Crippen LogP contribution in [0.15, 0.2) is 41.8 Å². The van der Waals surface area contributed by atoms with E-state index in [1.807, 2.05) is 23.5 Å². The molecule has 3 heteroatoms. The fourth-order valence-electron chi connectivity index (χ4n) is 2.15. The molecular formula is C16H20ClNS. The molecule has 1 N–H and O–H groups in total. The van der Waals surface area contributed by atoms with Gasteiger partial charge in [0.15, 0.2) is 0 Å². The Morgan fingerprint density at radius 3 is 2.58 bits per heavy atom. The summed E-state index contributed by atoms with van der Waals surface area (Å²) in [4.78, 5) is 1.41. The molecule has 102 valence electrons. The van der Waals surface area contributed by atoms with Crippen LogP contribution in [0.4, 0.5) is 0 Å². The van der Waals surface area contributed by atoms with E-state index in [1.165, 1.54) is 10.4 Å². The summed E-state index contributed by atoms with van der Waals surface area (Å²) in [6.45, 7) is 5.31. The molecule has 1 heterocycles. The summed E-state index contributed by atoms with van der Waals surface area (Å²) >= 11 is 8.17. The van der Waals surface area contributed by atoms with Gasteiger partial charge in [-0.1, -0.05) is 49.7 Å². The predicted molar refractivity (Wildman–Crippen MR) is 85.4 cm³/mol. The number of hydrogen-bond acceptors (Lipinski definition) is 2. The van der Waals surface area contributed by atoms with Gasteiger partial charge in [0.1, 0.15) is 0 Å².